The van der Waals surface area contributed by atoms with Gasteiger partial charge in [0.1, 0.15) is 6.10 Å². The van der Waals surface area contributed by atoms with E-state index in [1.807, 2.05) is 60.8 Å². The highest BCUT2D eigenvalue weighted by molar-refractivity contribution is 5.77. The Morgan fingerprint density at radius 3 is 1.58 bits per heavy atom. The van der Waals surface area contributed by atoms with Crippen LogP contribution in [0.15, 0.2) is 109 Å². The van der Waals surface area contributed by atoms with E-state index in [1.54, 1.807) is 0 Å². The molecule has 0 aromatic carbocycles. The molecular weight excluding hydrogens is 743 g/mol. The molecule has 0 aliphatic heterocycles. The van der Waals surface area contributed by atoms with Crippen molar-refractivity contribution in [3.8, 4) is 0 Å². The van der Waals surface area contributed by atoms with E-state index in [4.69, 9.17) is 4.74 Å². The zero-order valence-electron chi connectivity index (χ0n) is 38.5. The van der Waals surface area contributed by atoms with Gasteiger partial charge >= 0.3 is 5.97 Å². The molecule has 0 aromatic heterocycles. The highest BCUT2D eigenvalue weighted by atomic mass is 16.5. The lowest BCUT2D eigenvalue weighted by Crippen LogP contribution is -2.46. The van der Waals surface area contributed by atoms with Crippen LogP contribution in [0.25, 0.3) is 0 Å². The minimum absolute atomic E-state index is 0.0227. The van der Waals surface area contributed by atoms with E-state index in [0.717, 1.165) is 77.0 Å². The SMILES string of the molecule is CC/C=C/C=C/C=C\C=C/C=C/CCCCCC(=O)OC(C/C=C\C/C=C\C/C=C\C/C=C\CCCCC)CC(=O)NC(CO)C(O)CCCCCCCCCCCCC. The molecule has 3 N–H and O–H groups in total. The number of carbonyl (C=O) groups excluding carboxylic acids is 2. The number of aliphatic hydroxyl groups is 2. The number of esters is 1. The Hall–Kier alpha value is -3.48. The van der Waals surface area contributed by atoms with E-state index < -0.39 is 18.2 Å². The maximum Gasteiger partial charge on any atom is 0.306 e. The van der Waals surface area contributed by atoms with Gasteiger partial charge in [-0.15, -0.1) is 0 Å². The second kappa shape index (κ2) is 46.6. The largest absolute Gasteiger partial charge is 0.461 e. The lowest BCUT2D eigenvalue weighted by Gasteiger charge is -2.24. The zero-order chi connectivity index (χ0) is 43.8. The van der Waals surface area contributed by atoms with Crippen molar-refractivity contribution in [2.45, 2.75) is 212 Å². The monoisotopic (exact) mass is 832 g/mol. The Balaban J connectivity index is 4.86. The molecule has 0 heterocycles. The van der Waals surface area contributed by atoms with Gasteiger partial charge in [0.25, 0.3) is 0 Å². The van der Waals surface area contributed by atoms with Crippen molar-refractivity contribution in [1.29, 1.82) is 0 Å². The number of hydrogen-bond acceptors (Lipinski definition) is 5. The Labute approximate surface area is 368 Å². The van der Waals surface area contributed by atoms with Gasteiger partial charge in [-0.05, 0) is 64.2 Å². The molecule has 6 nitrogen and oxygen atoms in total. The van der Waals surface area contributed by atoms with Crippen molar-refractivity contribution in [2.24, 2.45) is 0 Å². The van der Waals surface area contributed by atoms with Gasteiger partial charge in [0.2, 0.25) is 5.91 Å². The second-order valence-electron chi connectivity index (χ2n) is 15.9. The van der Waals surface area contributed by atoms with E-state index in [0.29, 0.717) is 19.3 Å². The third-order valence-electron chi connectivity index (χ3n) is 10.2. The molecule has 60 heavy (non-hydrogen) atoms. The number of amides is 1. The Morgan fingerprint density at radius 2 is 1.00 bits per heavy atom. The summed E-state index contributed by atoms with van der Waals surface area (Å²) in [6.07, 6.45) is 63.0. The molecule has 6 heteroatoms. The normalized spacial score (nSPS) is 14.3. The maximum atomic E-state index is 13.1. The summed E-state index contributed by atoms with van der Waals surface area (Å²) < 4.78 is 5.83. The molecule has 3 unspecified atom stereocenters. The van der Waals surface area contributed by atoms with E-state index in [2.05, 4.69) is 74.7 Å². The Morgan fingerprint density at radius 1 is 0.533 bits per heavy atom. The molecule has 0 fully saturated rings. The first-order valence-corrected chi connectivity index (χ1v) is 24.2. The number of allylic oxidation sites excluding steroid dienone is 17. The van der Waals surface area contributed by atoms with Crippen LogP contribution in [0.2, 0.25) is 0 Å². The van der Waals surface area contributed by atoms with Crippen LogP contribution in [0, 0.1) is 0 Å². The van der Waals surface area contributed by atoms with Gasteiger partial charge in [0.15, 0.2) is 0 Å². The second-order valence-corrected chi connectivity index (χ2v) is 15.9. The molecule has 0 radical (unpaired) electrons. The first kappa shape index (κ1) is 56.5. The molecule has 0 aliphatic rings. The molecule has 0 spiro atoms. The summed E-state index contributed by atoms with van der Waals surface area (Å²) in [5.74, 6) is -0.638. The molecular formula is C54H89NO5. The minimum Gasteiger partial charge on any atom is -0.461 e. The van der Waals surface area contributed by atoms with E-state index in [-0.39, 0.29) is 24.9 Å². The summed E-state index contributed by atoms with van der Waals surface area (Å²) in [6, 6.07) is -0.746. The van der Waals surface area contributed by atoms with Crippen LogP contribution in [-0.4, -0.2) is 46.9 Å². The van der Waals surface area contributed by atoms with Crippen molar-refractivity contribution < 1.29 is 24.5 Å². The van der Waals surface area contributed by atoms with E-state index in [9.17, 15) is 19.8 Å². The number of aliphatic hydroxyl groups excluding tert-OH is 2. The van der Waals surface area contributed by atoms with Gasteiger partial charge in [-0.2, -0.15) is 0 Å². The van der Waals surface area contributed by atoms with E-state index >= 15 is 0 Å². The number of hydrogen-bond donors (Lipinski definition) is 3. The van der Waals surface area contributed by atoms with Gasteiger partial charge < -0.3 is 20.3 Å². The predicted molar refractivity (Wildman–Crippen MR) is 259 cm³/mol. The summed E-state index contributed by atoms with van der Waals surface area (Å²) in [7, 11) is 0. The van der Waals surface area contributed by atoms with Crippen molar-refractivity contribution in [2.75, 3.05) is 6.61 Å². The molecule has 3 atom stereocenters. The maximum absolute atomic E-state index is 13.1. The molecule has 0 bridgehead atoms. The average molecular weight is 832 g/mol. The summed E-state index contributed by atoms with van der Waals surface area (Å²) in [5.41, 5.74) is 0. The summed E-state index contributed by atoms with van der Waals surface area (Å²) in [4.78, 5) is 26.0. The van der Waals surface area contributed by atoms with Crippen LogP contribution in [0.4, 0.5) is 0 Å². The predicted octanol–water partition coefficient (Wildman–Crippen LogP) is 14.3. The van der Waals surface area contributed by atoms with Gasteiger partial charge in [-0.25, -0.2) is 0 Å². The quantitative estimate of drug-likeness (QED) is 0.0247. The van der Waals surface area contributed by atoms with Gasteiger partial charge in [0.05, 0.1) is 25.2 Å². The van der Waals surface area contributed by atoms with Crippen molar-refractivity contribution in [3.63, 3.8) is 0 Å². The number of carbonyl (C=O) groups is 2. The molecule has 1 amide bonds. The molecule has 0 rings (SSSR count). The number of ether oxygens (including phenoxy) is 1. The third kappa shape index (κ3) is 41.3. The Bertz CT molecular complexity index is 1250. The fraction of sp³-hybridized carbons (Fsp3) is 0.630. The number of nitrogens with one attached hydrogen (secondary N) is 1. The molecule has 340 valence electrons. The van der Waals surface area contributed by atoms with Crippen molar-refractivity contribution in [3.05, 3.63) is 109 Å². The first-order chi connectivity index (χ1) is 29.5. The van der Waals surface area contributed by atoms with Crippen molar-refractivity contribution >= 4 is 11.9 Å². The fourth-order valence-corrected chi connectivity index (χ4v) is 6.55. The number of unbranched alkanes of at least 4 members (excludes halogenated alkanes) is 16. The summed E-state index contributed by atoms with van der Waals surface area (Å²) in [5, 5.41) is 23.6. The third-order valence-corrected chi connectivity index (χ3v) is 10.2. The first-order valence-electron chi connectivity index (χ1n) is 24.2. The highest BCUT2D eigenvalue weighted by Crippen LogP contribution is 2.15. The lowest BCUT2D eigenvalue weighted by atomic mass is 10.0. The fourth-order valence-electron chi connectivity index (χ4n) is 6.55. The molecule has 0 aliphatic carbocycles. The lowest BCUT2D eigenvalue weighted by molar-refractivity contribution is -0.150. The van der Waals surface area contributed by atoms with Crippen LogP contribution in [0.1, 0.15) is 194 Å². The van der Waals surface area contributed by atoms with Crippen LogP contribution in [-0.2, 0) is 14.3 Å². The van der Waals surface area contributed by atoms with Crippen LogP contribution in [0.5, 0.6) is 0 Å². The number of rotatable bonds is 41. The summed E-state index contributed by atoms with van der Waals surface area (Å²) in [6.45, 7) is 6.24. The highest BCUT2D eigenvalue weighted by Gasteiger charge is 2.23. The minimum atomic E-state index is -0.824. The zero-order valence-corrected chi connectivity index (χ0v) is 38.5. The summed E-state index contributed by atoms with van der Waals surface area (Å²) >= 11 is 0. The van der Waals surface area contributed by atoms with Crippen molar-refractivity contribution in [1.82, 2.24) is 5.32 Å². The Kier molecular flexibility index (Phi) is 43.9. The molecule has 0 aromatic rings. The smallest absolute Gasteiger partial charge is 0.306 e. The van der Waals surface area contributed by atoms with Gasteiger partial charge in [-0.3, -0.25) is 9.59 Å². The van der Waals surface area contributed by atoms with E-state index in [1.165, 1.54) is 70.6 Å². The van der Waals surface area contributed by atoms with Crippen LogP contribution >= 0.6 is 0 Å². The van der Waals surface area contributed by atoms with Gasteiger partial charge in [-0.1, -0.05) is 220 Å². The van der Waals surface area contributed by atoms with Crippen LogP contribution in [0.3, 0.4) is 0 Å². The topological polar surface area (TPSA) is 95.9 Å². The van der Waals surface area contributed by atoms with Gasteiger partial charge in [0, 0.05) is 12.8 Å². The molecule has 0 saturated heterocycles. The molecule has 0 saturated carbocycles. The average Bonchev–Trinajstić information content (AvgIpc) is 3.24. The van der Waals surface area contributed by atoms with Crippen LogP contribution < -0.4 is 5.32 Å². The standard InChI is InChI=1S/C54H89NO5/c1-4-7-10-13-16-19-22-24-26-28-31-33-36-39-42-45-50(60-54(59)47-44-41-38-35-32-29-27-25-23-20-17-14-11-8-5-2)48-53(58)55-51(49-56)52(57)46-43-40-37-34-30-21-18-15-12-9-6-3/h8,11,14,16-17,19-20,23-27,29,31-33,39,42,50-52,56-57H,4-7,9-10,12-13,15,18,21-22,28,30,34-38,40-41,43-49H2,1-3H3,(H,55,58)/b11-8+,17-14+,19-16-,23-20-,26-24-,27-25-,32-29+,33-31-,42-39-.